The summed E-state index contributed by atoms with van der Waals surface area (Å²) >= 11 is 3.16. The first-order chi connectivity index (χ1) is 10.1. The number of aryl methyl sites for hydroxylation is 1. The predicted molar refractivity (Wildman–Crippen MR) is 87.0 cm³/mol. The summed E-state index contributed by atoms with van der Waals surface area (Å²) in [5, 5.41) is 10.8. The SMILES string of the molecule is Cc1ccc(CSc2nc3ccc([N+](=O)[O-])cc3s2)cc1. The maximum atomic E-state index is 10.8. The lowest BCUT2D eigenvalue weighted by Crippen LogP contribution is -1.85. The summed E-state index contributed by atoms with van der Waals surface area (Å²) in [6.07, 6.45) is 0. The van der Waals surface area contributed by atoms with Crippen molar-refractivity contribution < 1.29 is 4.92 Å². The van der Waals surface area contributed by atoms with Crippen molar-refractivity contribution in [2.75, 3.05) is 0 Å². The molecular formula is C15H12N2O2S2. The van der Waals surface area contributed by atoms with E-state index >= 15 is 0 Å². The average Bonchev–Trinajstić information content (AvgIpc) is 2.88. The van der Waals surface area contributed by atoms with Crippen molar-refractivity contribution in [1.82, 2.24) is 4.98 Å². The Labute approximate surface area is 130 Å². The molecule has 0 unspecified atom stereocenters. The third-order valence-corrected chi connectivity index (χ3v) is 5.28. The van der Waals surface area contributed by atoms with Crippen LogP contribution < -0.4 is 0 Å². The first-order valence-corrected chi connectivity index (χ1v) is 8.15. The quantitative estimate of drug-likeness (QED) is 0.394. The number of hydrogen-bond acceptors (Lipinski definition) is 5. The number of benzene rings is 2. The molecule has 6 heteroatoms. The summed E-state index contributed by atoms with van der Waals surface area (Å²) in [4.78, 5) is 14.9. The summed E-state index contributed by atoms with van der Waals surface area (Å²) in [5.74, 6) is 0.849. The molecule has 0 bridgehead atoms. The van der Waals surface area contributed by atoms with E-state index in [-0.39, 0.29) is 10.6 Å². The second kappa shape index (κ2) is 5.83. The van der Waals surface area contributed by atoms with Gasteiger partial charge in [0, 0.05) is 17.9 Å². The average molecular weight is 316 g/mol. The molecule has 0 radical (unpaired) electrons. The van der Waals surface area contributed by atoms with E-state index in [4.69, 9.17) is 0 Å². The Kier molecular flexibility index (Phi) is 3.90. The van der Waals surface area contributed by atoms with Gasteiger partial charge in [0.05, 0.1) is 15.1 Å². The predicted octanol–water partition coefficient (Wildman–Crippen LogP) is 4.81. The largest absolute Gasteiger partial charge is 0.270 e. The van der Waals surface area contributed by atoms with Gasteiger partial charge in [0.1, 0.15) is 0 Å². The highest BCUT2D eigenvalue weighted by Crippen LogP contribution is 2.33. The Bertz CT molecular complexity index is 797. The molecule has 3 aromatic rings. The second-order valence-electron chi connectivity index (χ2n) is 4.66. The fourth-order valence-electron chi connectivity index (χ4n) is 1.90. The molecule has 0 fully saturated rings. The zero-order valence-electron chi connectivity index (χ0n) is 11.3. The van der Waals surface area contributed by atoms with E-state index in [1.807, 2.05) is 0 Å². The van der Waals surface area contributed by atoms with Crippen LogP contribution in [0.15, 0.2) is 46.8 Å². The fraction of sp³-hybridized carbons (Fsp3) is 0.133. The number of aromatic nitrogens is 1. The highest BCUT2D eigenvalue weighted by Gasteiger charge is 2.10. The maximum Gasteiger partial charge on any atom is 0.270 e. The van der Waals surface area contributed by atoms with Gasteiger partial charge in [-0.1, -0.05) is 41.6 Å². The Hall–Kier alpha value is -1.92. The standard InChI is InChI=1S/C15H12N2O2S2/c1-10-2-4-11(5-3-10)9-20-15-16-13-7-6-12(17(18)19)8-14(13)21-15/h2-8H,9H2,1H3. The van der Waals surface area contributed by atoms with Gasteiger partial charge in [0.25, 0.3) is 5.69 Å². The monoisotopic (exact) mass is 316 g/mol. The smallest absolute Gasteiger partial charge is 0.258 e. The number of fused-ring (bicyclic) bond motifs is 1. The highest BCUT2D eigenvalue weighted by molar-refractivity contribution is 8.00. The third kappa shape index (κ3) is 3.22. The van der Waals surface area contributed by atoms with Crippen molar-refractivity contribution >= 4 is 39.0 Å². The van der Waals surface area contributed by atoms with Gasteiger partial charge in [-0.15, -0.1) is 11.3 Å². The van der Waals surface area contributed by atoms with Crippen LogP contribution >= 0.6 is 23.1 Å². The van der Waals surface area contributed by atoms with Crippen LogP contribution in [0.3, 0.4) is 0 Å². The molecule has 0 aliphatic heterocycles. The van der Waals surface area contributed by atoms with E-state index in [0.29, 0.717) is 0 Å². The molecule has 1 aromatic heterocycles. The van der Waals surface area contributed by atoms with Crippen LogP contribution in [0.1, 0.15) is 11.1 Å². The van der Waals surface area contributed by atoms with Crippen molar-refractivity contribution in [2.24, 2.45) is 0 Å². The van der Waals surface area contributed by atoms with Gasteiger partial charge in [0.15, 0.2) is 4.34 Å². The van der Waals surface area contributed by atoms with Crippen molar-refractivity contribution in [3.63, 3.8) is 0 Å². The minimum Gasteiger partial charge on any atom is -0.258 e. The molecule has 1 heterocycles. The van der Waals surface area contributed by atoms with Crippen LogP contribution in [0.2, 0.25) is 0 Å². The molecule has 0 aliphatic carbocycles. The third-order valence-electron chi connectivity index (χ3n) is 3.05. The number of nitrogens with zero attached hydrogens (tertiary/aromatic N) is 2. The Balaban J connectivity index is 1.78. The Morgan fingerprint density at radius 1 is 1.24 bits per heavy atom. The number of hydrogen-bond donors (Lipinski definition) is 0. The van der Waals surface area contributed by atoms with Crippen LogP contribution in [-0.2, 0) is 5.75 Å². The first kappa shape index (κ1) is 14.0. The van der Waals surface area contributed by atoms with Gasteiger partial charge >= 0.3 is 0 Å². The summed E-state index contributed by atoms with van der Waals surface area (Å²) in [6.45, 7) is 2.07. The lowest BCUT2D eigenvalue weighted by Gasteiger charge is -1.99. The lowest BCUT2D eigenvalue weighted by molar-refractivity contribution is -0.384. The van der Waals surface area contributed by atoms with E-state index in [9.17, 15) is 10.1 Å². The number of nitro groups is 1. The summed E-state index contributed by atoms with van der Waals surface area (Å²) in [7, 11) is 0. The second-order valence-corrected chi connectivity index (χ2v) is 6.92. The number of rotatable bonds is 4. The Morgan fingerprint density at radius 2 is 2.00 bits per heavy atom. The molecule has 0 saturated carbocycles. The molecule has 0 spiro atoms. The van der Waals surface area contributed by atoms with Crippen molar-refractivity contribution in [3.8, 4) is 0 Å². The molecule has 0 amide bonds. The molecule has 0 N–H and O–H groups in total. The normalized spacial score (nSPS) is 10.9. The van der Waals surface area contributed by atoms with Crippen LogP contribution in [0, 0.1) is 17.0 Å². The molecule has 4 nitrogen and oxygen atoms in total. The van der Waals surface area contributed by atoms with Crippen molar-refractivity contribution in [2.45, 2.75) is 17.0 Å². The Morgan fingerprint density at radius 3 is 2.71 bits per heavy atom. The maximum absolute atomic E-state index is 10.8. The molecule has 0 saturated heterocycles. The number of nitro benzene ring substituents is 1. The first-order valence-electron chi connectivity index (χ1n) is 6.35. The van der Waals surface area contributed by atoms with Crippen LogP contribution in [0.4, 0.5) is 5.69 Å². The van der Waals surface area contributed by atoms with E-state index in [0.717, 1.165) is 20.3 Å². The van der Waals surface area contributed by atoms with Gasteiger partial charge in [-0.3, -0.25) is 10.1 Å². The summed E-state index contributed by atoms with van der Waals surface area (Å²) in [6, 6.07) is 13.2. The minimum atomic E-state index is -0.377. The van der Waals surface area contributed by atoms with E-state index in [2.05, 4.69) is 36.2 Å². The zero-order chi connectivity index (χ0) is 14.8. The molecule has 0 atom stereocenters. The van der Waals surface area contributed by atoms with Gasteiger partial charge < -0.3 is 0 Å². The van der Waals surface area contributed by atoms with Crippen LogP contribution in [0.25, 0.3) is 10.2 Å². The highest BCUT2D eigenvalue weighted by atomic mass is 32.2. The van der Waals surface area contributed by atoms with Gasteiger partial charge in [-0.05, 0) is 18.6 Å². The summed E-state index contributed by atoms with van der Waals surface area (Å²) in [5.41, 5.74) is 3.42. The molecule has 2 aromatic carbocycles. The van der Waals surface area contributed by atoms with Crippen molar-refractivity contribution in [3.05, 3.63) is 63.7 Å². The van der Waals surface area contributed by atoms with Gasteiger partial charge in [-0.25, -0.2) is 4.98 Å². The molecular weight excluding hydrogens is 304 g/mol. The van der Waals surface area contributed by atoms with Crippen molar-refractivity contribution in [1.29, 1.82) is 0 Å². The molecule has 0 aliphatic rings. The zero-order valence-corrected chi connectivity index (χ0v) is 12.9. The lowest BCUT2D eigenvalue weighted by atomic mass is 10.2. The van der Waals surface area contributed by atoms with Crippen LogP contribution in [-0.4, -0.2) is 9.91 Å². The number of thioether (sulfide) groups is 1. The molecule has 106 valence electrons. The van der Waals surface area contributed by atoms with E-state index in [1.165, 1.54) is 28.5 Å². The number of non-ortho nitro benzene ring substituents is 1. The van der Waals surface area contributed by atoms with Crippen LogP contribution in [0.5, 0.6) is 0 Å². The topological polar surface area (TPSA) is 56.0 Å². The minimum absolute atomic E-state index is 0.112. The van der Waals surface area contributed by atoms with Gasteiger partial charge in [-0.2, -0.15) is 0 Å². The van der Waals surface area contributed by atoms with E-state index in [1.54, 1.807) is 23.9 Å². The summed E-state index contributed by atoms with van der Waals surface area (Å²) < 4.78 is 1.79. The molecule has 3 rings (SSSR count). The van der Waals surface area contributed by atoms with Gasteiger partial charge in [0.2, 0.25) is 0 Å². The number of thiazole rings is 1. The molecule has 21 heavy (non-hydrogen) atoms. The van der Waals surface area contributed by atoms with E-state index < -0.39 is 0 Å². The fourth-order valence-corrected chi connectivity index (χ4v) is 3.95.